The van der Waals surface area contributed by atoms with Crippen molar-refractivity contribution in [2.75, 3.05) is 20.1 Å². The number of fused-ring (bicyclic) bond motifs is 1. The fourth-order valence-corrected chi connectivity index (χ4v) is 4.14. The summed E-state index contributed by atoms with van der Waals surface area (Å²) in [6, 6.07) is 14.7. The highest BCUT2D eigenvalue weighted by Gasteiger charge is 2.39. The third-order valence-electron chi connectivity index (χ3n) is 5.34. The molecule has 1 saturated heterocycles. The van der Waals surface area contributed by atoms with E-state index in [-0.39, 0.29) is 5.91 Å². The second kappa shape index (κ2) is 6.36. The predicted molar refractivity (Wildman–Crippen MR) is 93.6 cm³/mol. The molecule has 2 aliphatic rings. The fraction of sp³-hybridized carbons (Fsp3) is 0.400. The Morgan fingerprint density at radius 3 is 2.79 bits per heavy atom. The molecule has 1 aromatic heterocycles. The number of benzene rings is 1. The van der Waals surface area contributed by atoms with Crippen molar-refractivity contribution in [2.24, 2.45) is 5.92 Å². The molecule has 24 heavy (non-hydrogen) atoms. The number of carbonyl (C=O) groups excluding carboxylic acids is 1. The molecule has 2 atom stereocenters. The monoisotopic (exact) mass is 321 g/mol. The van der Waals surface area contributed by atoms with Crippen molar-refractivity contribution in [1.82, 2.24) is 14.8 Å². The van der Waals surface area contributed by atoms with Crippen molar-refractivity contribution in [1.29, 1.82) is 0 Å². The molecule has 0 saturated carbocycles. The lowest BCUT2D eigenvalue weighted by molar-refractivity contribution is 0.0454. The average molecular weight is 321 g/mol. The van der Waals surface area contributed by atoms with Crippen molar-refractivity contribution in [3.63, 3.8) is 0 Å². The van der Waals surface area contributed by atoms with Crippen LogP contribution in [-0.2, 0) is 13.0 Å². The summed E-state index contributed by atoms with van der Waals surface area (Å²) in [6.45, 7) is 2.74. The van der Waals surface area contributed by atoms with Gasteiger partial charge in [0, 0.05) is 18.8 Å². The predicted octanol–water partition coefficient (Wildman–Crippen LogP) is 2.60. The number of likely N-dealkylation sites (tertiary alicyclic amines) is 1. The maximum atomic E-state index is 12.8. The maximum absolute atomic E-state index is 12.8. The van der Waals surface area contributed by atoms with Gasteiger partial charge in [-0.1, -0.05) is 30.3 Å². The summed E-state index contributed by atoms with van der Waals surface area (Å²) in [7, 11) is 2.18. The Kier molecular flexibility index (Phi) is 4.07. The summed E-state index contributed by atoms with van der Waals surface area (Å²) in [6.07, 6.45) is 3.84. The fourth-order valence-electron chi connectivity index (χ4n) is 4.14. The zero-order chi connectivity index (χ0) is 16.5. The molecule has 0 bridgehead atoms. The van der Waals surface area contributed by atoms with E-state index in [2.05, 4.69) is 52.2 Å². The SMILES string of the molecule is CN1CC[C@@H](N2Cc3ncccc3C2=O)[C@@H](Cc2ccccc2)C1. The van der Waals surface area contributed by atoms with Gasteiger partial charge >= 0.3 is 0 Å². The molecule has 0 N–H and O–H groups in total. The number of nitrogens with zero attached hydrogens (tertiary/aromatic N) is 3. The molecule has 0 radical (unpaired) electrons. The van der Waals surface area contributed by atoms with Crippen LogP contribution in [0.25, 0.3) is 0 Å². The zero-order valence-corrected chi connectivity index (χ0v) is 14.1. The molecule has 124 valence electrons. The number of hydrogen-bond donors (Lipinski definition) is 0. The zero-order valence-electron chi connectivity index (χ0n) is 14.1. The van der Waals surface area contributed by atoms with Crippen LogP contribution in [0.1, 0.15) is 28.0 Å². The Hall–Kier alpha value is -2.20. The highest BCUT2D eigenvalue weighted by molar-refractivity contribution is 5.97. The Labute approximate surface area is 143 Å². The van der Waals surface area contributed by atoms with E-state index in [0.717, 1.165) is 37.2 Å². The maximum Gasteiger partial charge on any atom is 0.256 e. The molecule has 0 unspecified atom stereocenters. The number of carbonyl (C=O) groups is 1. The first kappa shape index (κ1) is 15.3. The molecule has 4 nitrogen and oxygen atoms in total. The molecule has 0 spiro atoms. The minimum absolute atomic E-state index is 0.158. The molecule has 0 aliphatic carbocycles. The summed E-state index contributed by atoms with van der Waals surface area (Å²) < 4.78 is 0. The highest BCUT2D eigenvalue weighted by atomic mass is 16.2. The molecule has 3 heterocycles. The van der Waals surface area contributed by atoms with Gasteiger partial charge in [0.2, 0.25) is 0 Å². The van der Waals surface area contributed by atoms with Crippen LogP contribution >= 0.6 is 0 Å². The van der Waals surface area contributed by atoms with Gasteiger partial charge in [-0.3, -0.25) is 9.78 Å². The number of piperidine rings is 1. The van der Waals surface area contributed by atoms with Crippen molar-refractivity contribution in [3.8, 4) is 0 Å². The van der Waals surface area contributed by atoms with Gasteiger partial charge in [-0.2, -0.15) is 0 Å². The standard InChI is InChI=1S/C20H23N3O/c1-22-11-9-19(16(13-22)12-15-6-3-2-4-7-15)23-14-18-17(20(23)24)8-5-10-21-18/h2-8,10,16,19H,9,11-14H2,1H3/t16-,19+/m0/s1. The van der Waals surface area contributed by atoms with Crippen molar-refractivity contribution in [2.45, 2.75) is 25.4 Å². The van der Waals surface area contributed by atoms with Gasteiger partial charge in [0.05, 0.1) is 17.8 Å². The lowest BCUT2D eigenvalue weighted by atomic mass is 9.86. The third kappa shape index (κ3) is 2.82. The molecule has 1 fully saturated rings. The Morgan fingerprint density at radius 2 is 2.00 bits per heavy atom. The lowest BCUT2D eigenvalue weighted by Gasteiger charge is -2.41. The Bertz CT molecular complexity index is 731. The summed E-state index contributed by atoms with van der Waals surface area (Å²) in [4.78, 5) is 21.7. The summed E-state index contributed by atoms with van der Waals surface area (Å²) in [5, 5.41) is 0. The van der Waals surface area contributed by atoms with E-state index in [1.807, 2.05) is 12.1 Å². The summed E-state index contributed by atoms with van der Waals surface area (Å²) in [5.41, 5.74) is 3.07. The number of amides is 1. The van der Waals surface area contributed by atoms with Crippen LogP contribution in [0, 0.1) is 5.92 Å². The largest absolute Gasteiger partial charge is 0.329 e. The Balaban J connectivity index is 1.57. The van der Waals surface area contributed by atoms with Crippen molar-refractivity contribution >= 4 is 5.91 Å². The molecular formula is C20H23N3O. The molecule has 1 aromatic carbocycles. The van der Waals surface area contributed by atoms with Crippen LogP contribution in [0.5, 0.6) is 0 Å². The van der Waals surface area contributed by atoms with E-state index in [1.54, 1.807) is 6.20 Å². The van der Waals surface area contributed by atoms with Crippen molar-refractivity contribution in [3.05, 3.63) is 65.5 Å². The highest BCUT2D eigenvalue weighted by Crippen LogP contribution is 2.31. The minimum Gasteiger partial charge on any atom is -0.329 e. The van der Waals surface area contributed by atoms with E-state index in [4.69, 9.17) is 0 Å². The second-order valence-electron chi connectivity index (χ2n) is 7.00. The molecular weight excluding hydrogens is 298 g/mol. The van der Waals surface area contributed by atoms with E-state index in [9.17, 15) is 4.79 Å². The number of pyridine rings is 1. The lowest BCUT2D eigenvalue weighted by Crippen LogP contribution is -2.50. The minimum atomic E-state index is 0.158. The smallest absolute Gasteiger partial charge is 0.256 e. The normalized spacial score (nSPS) is 24.2. The first-order valence-corrected chi connectivity index (χ1v) is 8.69. The van der Waals surface area contributed by atoms with Gasteiger partial charge in [-0.25, -0.2) is 0 Å². The Morgan fingerprint density at radius 1 is 1.17 bits per heavy atom. The second-order valence-corrected chi connectivity index (χ2v) is 7.00. The molecule has 1 amide bonds. The van der Waals surface area contributed by atoms with Crippen molar-refractivity contribution < 1.29 is 4.79 Å². The number of rotatable bonds is 3. The average Bonchev–Trinajstić information content (AvgIpc) is 2.93. The molecule has 2 aromatic rings. The topological polar surface area (TPSA) is 36.4 Å². The summed E-state index contributed by atoms with van der Waals surface area (Å²) in [5.74, 6) is 0.620. The number of aromatic nitrogens is 1. The van der Waals surface area contributed by atoms with Crippen LogP contribution in [0.3, 0.4) is 0 Å². The van der Waals surface area contributed by atoms with E-state index < -0.39 is 0 Å². The van der Waals surface area contributed by atoms with Gasteiger partial charge in [0.1, 0.15) is 0 Å². The van der Waals surface area contributed by atoms with Crippen LogP contribution in [0.2, 0.25) is 0 Å². The summed E-state index contributed by atoms with van der Waals surface area (Å²) >= 11 is 0. The first-order valence-electron chi connectivity index (χ1n) is 8.69. The number of hydrogen-bond acceptors (Lipinski definition) is 3. The van der Waals surface area contributed by atoms with Crippen LogP contribution in [0.15, 0.2) is 48.7 Å². The molecule has 2 aliphatic heterocycles. The third-order valence-corrected chi connectivity index (χ3v) is 5.34. The first-order chi connectivity index (χ1) is 11.7. The van der Waals surface area contributed by atoms with E-state index in [1.165, 1.54) is 5.56 Å². The van der Waals surface area contributed by atoms with Crippen LogP contribution < -0.4 is 0 Å². The quantitative estimate of drug-likeness (QED) is 0.872. The van der Waals surface area contributed by atoms with Gasteiger partial charge in [-0.05, 0) is 50.0 Å². The van der Waals surface area contributed by atoms with Gasteiger partial charge < -0.3 is 9.80 Å². The molecule has 4 heteroatoms. The van der Waals surface area contributed by atoms with E-state index in [0.29, 0.717) is 18.5 Å². The van der Waals surface area contributed by atoms with E-state index >= 15 is 0 Å². The van der Waals surface area contributed by atoms with Crippen LogP contribution in [0.4, 0.5) is 0 Å². The van der Waals surface area contributed by atoms with Gasteiger partial charge in [-0.15, -0.1) is 0 Å². The van der Waals surface area contributed by atoms with Crippen LogP contribution in [-0.4, -0.2) is 46.9 Å². The van der Waals surface area contributed by atoms with Gasteiger partial charge in [0.25, 0.3) is 5.91 Å². The van der Waals surface area contributed by atoms with Gasteiger partial charge in [0.15, 0.2) is 0 Å². The molecule has 4 rings (SSSR count).